The van der Waals surface area contributed by atoms with Gasteiger partial charge in [0.05, 0.1) is 29.2 Å². The molecule has 1 aromatic carbocycles. The summed E-state index contributed by atoms with van der Waals surface area (Å²) in [7, 11) is 0. The van der Waals surface area contributed by atoms with Gasteiger partial charge in [-0.15, -0.1) is 0 Å². The molecule has 0 spiro atoms. The number of ether oxygens (including phenoxy) is 1. The van der Waals surface area contributed by atoms with Gasteiger partial charge < -0.3 is 15.8 Å². The van der Waals surface area contributed by atoms with Gasteiger partial charge in [-0.2, -0.15) is 0 Å². The summed E-state index contributed by atoms with van der Waals surface area (Å²) in [6.45, 7) is 1.35. The van der Waals surface area contributed by atoms with Crippen LogP contribution in [0.15, 0.2) is 22.7 Å². The predicted molar refractivity (Wildman–Crippen MR) is 76.7 cm³/mol. The average Bonchev–Trinajstić information content (AvgIpc) is 2.79. The first-order valence-corrected chi connectivity index (χ1v) is 6.82. The molecular formula is C13H13BrFN3O. The molecule has 0 saturated carbocycles. The van der Waals surface area contributed by atoms with Gasteiger partial charge in [-0.3, -0.25) is 0 Å². The van der Waals surface area contributed by atoms with Crippen LogP contribution in [0.5, 0.6) is 0 Å². The molecule has 3 N–H and O–H groups in total. The van der Waals surface area contributed by atoms with Crippen molar-refractivity contribution in [2.45, 2.75) is 12.5 Å². The molecule has 0 aliphatic carbocycles. The fourth-order valence-electron chi connectivity index (χ4n) is 2.29. The number of benzene rings is 1. The maximum atomic E-state index is 14.1. The van der Waals surface area contributed by atoms with E-state index in [4.69, 9.17) is 10.5 Å². The van der Waals surface area contributed by atoms with E-state index in [0.717, 1.165) is 13.0 Å². The summed E-state index contributed by atoms with van der Waals surface area (Å²) >= 11 is 3.26. The topological polar surface area (TPSA) is 60.2 Å². The highest BCUT2D eigenvalue weighted by Gasteiger charge is 2.18. The minimum Gasteiger partial charge on any atom is -0.384 e. The van der Waals surface area contributed by atoms with Crippen LogP contribution in [-0.2, 0) is 4.74 Å². The fourth-order valence-corrected chi connectivity index (χ4v) is 2.71. The van der Waals surface area contributed by atoms with E-state index in [0.29, 0.717) is 33.5 Å². The van der Waals surface area contributed by atoms with Crippen molar-refractivity contribution in [2.75, 3.05) is 24.3 Å². The third kappa shape index (κ3) is 2.50. The molecule has 1 atom stereocenters. The lowest BCUT2D eigenvalue weighted by molar-refractivity contribution is 0.195. The molecule has 1 aliphatic heterocycles. The Bertz CT molecular complexity index is 624. The molecule has 6 heteroatoms. The molecule has 1 aromatic heterocycles. The first-order valence-electron chi connectivity index (χ1n) is 6.03. The van der Waals surface area contributed by atoms with Gasteiger partial charge in [-0.05, 0) is 18.6 Å². The van der Waals surface area contributed by atoms with Gasteiger partial charge in [0.2, 0.25) is 0 Å². The second kappa shape index (κ2) is 4.94. The number of aromatic nitrogens is 1. The molecule has 100 valence electrons. The molecule has 1 fully saturated rings. The first-order chi connectivity index (χ1) is 9.13. The number of hydrogen-bond acceptors (Lipinski definition) is 4. The number of anilines is 2. The number of pyridine rings is 1. The van der Waals surface area contributed by atoms with Crippen molar-refractivity contribution >= 4 is 38.3 Å². The van der Waals surface area contributed by atoms with Crippen LogP contribution in [0.2, 0.25) is 0 Å². The molecule has 3 rings (SSSR count). The van der Waals surface area contributed by atoms with E-state index in [-0.39, 0.29) is 11.9 Å². The molecule has 0 unspecified atom stereocenters. The van der Waals surface area contributed by atoms with E-state index in [1.807, 2.05) is 0 Å². The maximum absolute atomic E-state index is 14.1. The summed E-state index contributed by atoms with van der Waals surface area (Å²) in [6, 6.07) is 5.03. The summed E-state index contributed by atoms with van der Waals surface area (Å²) in [5.41, 5.74) is 6.98. The van der Waals surface area contributed by atoms with Crippen LogP contribution in [0.3, 0.4) is 0 Å². The molecule has 2 aromatic rings. The number of nitrogens with one attached hydrogen (secondary N) is 1. The Balaban J connectivity index is 2.11. The van der Waals surface area contributed by atoms with Crippen LogP contribution < -0.4 is 11.1 Å². The number of halogens is 2. The molecule has 0 amide bonds. The predicted octanol–water partition coefficient (Wildman–Crippen LogP) is 2.92. The lowest BCUT2D eigenvalue weighted by Crippen LogP contribution is -2.19. The molecule has 0 radical (unpaired) electrons. The zero-order valence-electron chi connectivity index (χ0n) is 10.1. The number of nitrogens with two attached hydrogens (primary N) is 1. The smallest absolute Gasteiger partial charge is 0.135 e. The van der Waals surface area contributed by atoms with E-state index < -0.39 is 0 Å². The van der Waals surface area contributed by atoms with Gasteiger partial charge in [0.1, 0.15) is 11.6 Å². The van der Waals surface area contributed by atoms with Crippen molar-refractivity contribution in [1.82, 2.24) is 4.98 Å². The zero-order valence-corrected chi connectivity index (χ0v) is 11.7. The Morgan fingerprint density at radius 1 is 1.42 bits per heavy atom. The molecule has 1 aliphatic rings. The summed E-state index contributed by atoms with van der Waals surface area (Å²) in [6.07, 6.45) is 0.905. The van der Waals surface area contributed by atoms with Crippen molar-refractivity contribution in [2.24, 2.45) is 0 Å². The van der Waals surface area contributed by atoms with Gasteiger partial charge >= 0.3 is 0 Å². The number of rotatable bonds is 2. The van der Waals surface area contributed by atoms with Crippen LogP contribution in [-0.4, -0.2) is 24.2 Å². The Morgan fingerprint density at radius 2 is 2.26 bits per heavy atom. The Kier molecular flexibility index (Phi) is 3.28. The first kappa shape index (κ1) is 12.6. The van der Waals surface area contributed by atoms with Crippen molar-refractivity contribution < 1.29 is 9.13 Å². The van der Waals surface area contributed by atoms with E-state index >= 15 is 0 Å². The van der Waals surface area contributed by atoms with Gasteiger partial charge in [0.15, 0.2) is 0 Å². The van der Waals surface area contributed by atoms with Gasteiger partial charge in [-0.25, -0.2) is 9.37 Å². The lowest BCUT2D eigenvalue weighted by atomic mass is 10.1. The number of nitrogens with zero attached hydrogens (tertiary/aromatic N) is 1. The molecular weight excluding hydrogens is 313 g/mol. The van der Waals surface area contributed by atoms with Crippen LogP contribution >= 0.6 is 15.9 Å². The van der Waals surface area contributed by atoms with Crippen molar-refractivity contribution in [3.63, 3.8) is 0 Å². The third-order valence-corrected chi connectivity index (χ3v) is 3.59. The summed E-state index contributed by atoms with van der Waals surface area (Å²) in [4.78, 5) is 4.17. The third-order valence-electron chi connectivity index (χ3n) is 3.13. The lowest BCUT2D eigenvalue weighted by Gasteiger charge is -2.15. The van der Waals surface area contributed by atoms with Crippen molar-refractivity contribution in [1.29, 1.82) is 0 Å². The quantitative estimate of drug-likeness (QED) is 0.891. The SMILES string of the molecule is Nc1cc(N[C@H]2CCOC2)c2c(F)cc(Br)cc2n1. The van der Waals surface area contributed by atoms with E-state index in [9.17, 15) is 4.39 Å². The Labute approximate surface area is 118 Å². The van der Waals surface area contributed by atoms with Crippen LogP contribution in [0, 0.1) is 5.82 Å². The highest BCUT2D eigenvalue weighted by molar-refractivity contribution is 9.10. The van der Waals surface area contributed by atoms with Gasteiger partial charge in [0.25, 0.3) is 0 Å². The summed E-state index contributed by atoms with van der Waals surface area (Å²) in [5.74, 6) is 0.0460. The molecule has 0 bridgehead atoms. The van der Waals surface area contributed by atoms with Gasteiger partial charge in [0, 0.05) is 17.1 Å². The standard InChI is InChI=1S/C13H13BrFN3O/c14-7-3-9(15)13-10(4-7)18-12(16)5-11(13)17-8-1-2-19-6-8/h3-5,8H,1-2,6H2,(H3,16,17,18)/t8-/m0/s1. The van der Waals surface area contributed by atoms with E-state index in [1.165, 1.54) is 6.07 Å². The highest BCUT2D eigenvalue weighted by atomic mass is 79.9. The van der Waals surface area contributed by atoms with Crippen molar-refractivity contribution in [3.05, 3.63) is 28.5 Å². The average molecular weight is 326 g/mol. The monoisotopic (exact) mass is 325 g/mol. The van der Waals surface area contributed by atoms with Gasteiger partial charge in [-0.1, -0.05) is 15.9 Å². The van der Waals surface area contributed by atoms with Crippen molar-refractivity contribution in [3.8, 4) is 0 Å². The molecule has 19 heavy (non-hydrogen) atoms. The minimum absolute atomic E-state index is 0.188. The summed E-state index contributed by atoms with van der Waals surface area (Å²) < 4.78 is 20.1. The minimum atomic E-state index is -0.321. The summed E-state index contributed by atoms with van der Waals surface area (Å²) in [5, 5.41) is 3.75. The second-order valence-corrected chi connectivity index (χ2v) is 5.50. The fraction of sp³-hybridized carbons (Fsp3) is 0.308. The van der Waals surface area contributed by atoms with Crippen LogP contribution in [0.1, 0.15) is 6.42 Å². The maximum Gasteiger partial charge on any atom is 0.135 e. The Morgan fingerprint density at radius 3 is 3.00 bits per heavy atom. The van der Waals surface area contributed by atoms with Crippen LogP contribution in [0.4, 0.5) is 15.9 Å². The second-order valence-electron chi connectivity index (χ2n) is 4.58. The zero-order chi connectivity index (χ0) is 13.4. The number of fused-ring (bicyclic) bond motifs is 1. The number of nitrogen functional groups attached to an aromatic ring is 1. The normalized spacial score (nSPS) is 18.9. The highest BCUT2D eigenvalue weighted by Crippen LogP contribution is 2.30. The molecule has 2 heterocycles. The van der Waals surface area contributed by atoms with E-state index in [1.54, 1.807) is 12.1 Å². The molecule has 4 nitrogen and oxygen atoms in total. The number of hydrogen-bond donors (Lipinski definition) is 2. The Hall–Kier alpha value is -1.40. The van der Waals surface area contributed by atoms with Crippen LogP contribution in [0.25, 0.3) is 10.9 Å². The molecule has 1 saturated heterocycles. The largest absolute Gasteiger partial charge is 0.384 e. The van der Waals surface area contributed by atoms with E-state index in [2.05, 4.69) is 26.2 Å².